The van der Waals surface area contributed by atoms with Gasteiger partial charge in [0.25, 0.3) is 11.8 Å². The summed E-state index contributed by atoms with van der Waals surface area (Å²) in [7, 11) is 0. The first-order chi connectivity index (χ1) is 18.2. The summed E-state index contributed by atoms with van der Waals surface area (Å²) in [5, 5.41) is 8.87. The molecule has 3 aromatic carbocycles. The van der Waals surface area contributed by atoms with Crippen molar-refractivity contribution in [3.8, 4) is 0 Å². The normalized spacial score (nSPS) is 18.3. The van der Waals surface area contributed by atoms with Gasteiger partial charge in [-0.15, -0.1) is 0 Å². The molecule has 1 aromatic heterocycles. The smallest absolute Gasteiger partial charge is 0.289 e. The average Bonchev–Trinajstić information content (AvgIpc) is 3.65. The van der Waals surface area contributed by atoms with Crippen LogP contribution in [0.2, 0.25) is 0 Å². The summed E-state index contributed by atoms with van der Waals surface area (Å²) in [6.45, 7) is 2.63. The van der Waals surface area contributed by atoms with Crippen LogP contribution in [0.25, 0.3) is 10.8 Å². The molecule has 7 nitrogen and oxygen atoms in total. The third-order valence-corrected chi connectivity index (χ3v) is 7.18. The minimum atomic E-state index is -0.142. The molecule has 4 aromatic rings. The molecule has 1 unspecified atom stereocenters. The lowest BCUT2D eigenvalue weighted by molar-refractivity contribution is -0.134. The molecule has 0 radical (unpaired) electrons. The number of hydrazone groups is 1. The topological polar surface area (TPSA) is 69.4 Å². The molecule has 3 heterocycles. The summed E-state index contributed by atoms with van der Waals surface area (Å²) < 4.78 is 5.25. The second kappa shape index (κ2) is 10.0. The van der Waals surface area contributed by atoms with E-state index in [0.717, 1.165) is 22.2 Å². The molecule has 6 rings (SSSR count). The fourth-order valence-electron chi connectivity index (χ4n) is 5.15. The van der Waals surface area contributed by atoms with E-state index >= 15 is 0 Å². The van der Waals surface area contributed by atoms with Gasteiger partial charge in [0.05, 0.1) is 24.6 Å². The molecule has 0 saturated carbocycles. The van der Waals surface area contributed by atoms with E-state index in [1.54, 1.807) is 22.0 Å². The van der Waals surface area contributed by atoms with Crippen LogP contribution in [0.1, 0.15) is 34.1 Å². The predicted octanol–water partition coefficient (Wildman–Crippen LogP) is 4.57. The van der Waals surface area contributed by atoms with E-state index in [0.29, 0.717) is 38.4 Å². The highest BCUT2D eigenvalue weighted by atomic mass is 16.3. The molecule has 7 heteroatoms. The van der Waals surface area contributed by atoms with E-state index in [4.69, 9.17) is 9.52 Å². The lowest BCUT2D eigenvalue weighted by Gasteiger charge is -2.34. The summed E-state index contributed by atoms with van der Waals surface area (Å²) >= 11 is 0. The Morgan fingerprint density at radius 3 is 2.35 bits per heavy atom. The summed E-state index contributed by atoms with van der Waals surface area (Å²) in [6.07, 6.45) is 2.17. The predicted molar refractivity (Wildman–Crippen MR) is 142 cm³/mol. The Morgan fingerprint density at radius 1 is 0.838 bits per heavy atom. The summed E-state index contributed by atoms with van der Waals surface area (Å²) in [4.78, 5) is 30.0. The van der Waals surface area contributed by atoms with Crippen molar-refractivity contribution in [3.05, 3.63) is 108 Å². The van der Waals surface area contributed by atoms with Crippen LogP contribution in [0.5, 0.6) is 0 Å². The first-order valence-corrected chi connectivity index (χ1v) is 12.6. The number of furan rings is 1. The van der Waals surface area contributed by atoms with E-state index in [9.17, 15) is 9.59 Å². The average molecular weight is 493 g/mol. The number of carbonyl (C=O) groups is 2. The standard InChI is InChI=1S/C30H28N4O3/c35-29(21-32-14-16-33(17-15-32)30(36)28-11-6-18-37-28)34-27(23-8-2-1-3-9-23)20-26(31-34)25-13-12-22-7-4-5-10-24(22)19-25/h1-13,18-19,27H,14-17,20-21H2. The van der Waals surface area contributed by atoms with Gasteiger partial charge in [0.1, 0.15) is 0 Å². The third-order valence-electron chi connectivity index (χ3n) is 7.18. The fraction of sp³-hybridized carbons (Fsp3) is 0.233. The first-order valence-electron chi connectivity index (χ1n) is 12.6. The van der Waals surface area contributed by atoms with Crippen LogP contribution in [-0.4, -0.2) is 65.1 Å². The minimum Gasteiger partial charge on any atom is -0.459 e. The van der Waals surface area contributed by atoms with Crippen molar-refractivity contribution in [3.63, 3.8) is 0 Å². The molecule has 2 aliphatic rings. The van der Waals surface area contributed by atoms with Crippen molar-refractivity contribution >= 4 is 28.3 Å². The van der Waals surface area contributed by atoms with Gasteiger partial charge in [-0.3, -0.25) is 14.5 Å². The second-order valence-corrected chi connectivity index (χ2v) is 9.52. The lowest BCUT2D eigenvalue weighted by Crippen LogP contribution is -2.51. The van der Waals surface area contributed by atoms with Crippen LogP contribution < -0.4 is 0 Å². The van der Waals surface area contributed by atoms with Gasteiger partial charge < -0.3 is 9.32 Å². The highest BCUT2D eigenvalue weighted by Crippen LogP contribution is 2.33. The largest absolute Gasteiger partial charge is 0.459 e. The summed E-state index contributed by atoms with van der Waals surface area (Å²) in [6, 6.07) is 28.0. The van der Waals surface area contributed by atoms with E-state index < -0.39 is 0 Å². The molecule has 0 N–H and O–H groups in total. The molecule has 37 heavy (non-hydrogen) atoms. The van der Waals surface area contributed by atoms with Crippen LogP contribution in [0.3, 0.4) is 0 Å². The number of amides is 2. The van der Waals surface area contributed by atoms with Gasteiger partial charge in [-0.2, -0.15) is 5.10 Å². The Hall–Kier alpha value is -4.23. The highest BCUT2D eigenvalue weighted by molar-refractivity contribution is 6.05. The van der Waals surface area contributed by atoms with Crippen molar-refractivity contribution in [1.82, 2.24) is 14.8 Å². The van der Waals surface area contributed by atoms with Gasteiger partial charge in [-0.05, 0) is 40.1 Å². The van der Waals surface area contributed by atoms with Crippen molar-refractivity contribution < 1.29 is 14.0 Å². The molecule has 1 fully saturated rings. The molecule has 1 saturated heterocycles. The molecule has 0 spiro atoms. The Bertz CT molecular complexity index is 1440. The van der Waals surface area contributed by atoms with Crippen LogP contribution in [0, 0.1) is 0 Å². The molecular weight excluding hydrogens is 464 g/mol. The number of rotatable bonds is 5. The van der Waals surface area contributed by atoms with Crippen molar-refractivity contribution in [2.24, 2.45) is 5.10 Å². The molecule has 2 aliphatic heterocycles. The maximum absolute atomic E-state index is 13.6. The van der Waals surface area contributed by atoms with Gasteiger partial charge in [-0.25, -0.2) is 5.01 Å². The van der Waals surface area contributed by atoms with Crippen molar-refractivity contribution in [2.45, 2.75) is 12.5 Å². The zero-order valence-electron chi connectivity index (χ0n) is 20.5. The first kappa shape index (κ1) is 23.2. The van der Waals surface area contributed by atoms with E-state index in [1.807, 2.05) is 30.3 Å². The Morgan fingerprint density at radius 2 is 1.59 bits per heavy atom. The monoisotopic (exact) mass is 492 g/mol. The maximum atomic E-state index is 13.6. The van der Waals surface area contributed by atoms with Gasteiger partial charge in [0, 0.05) is 32.6 Å². The quantitative estimate of drug-likeness (QED) is 0.409. The fourth-order valence-corrected chi connectivity index (χ4v) is 5.15. The minimum absolute atomic E-state index is 0.0320. The Kier molecular flexibility index (Phi) is 6.28. The number of nitrogens with zero attached hydrogens (tertiary/aromatic N) is 4. The van der Waals surface area contributed by atoms with Gasteiger partial charge >= 0.3 is 0 Å². The molecule has 2 amide bonds. The van der Waals surface area contributed by atoms with Crippen molar-refractivity contribution in [2.75, 3.05) is 32.7 Å². The zero-order valence-corrected chi connectivity index (χ0v) is 20.5. The lowest BCUT2D eigenvalue weighted by atomic mass is 9.97. The van der Waals surface area contributed by atoms with Crippen molar-refractivity contribution in [1.29, 1.82) is 0 Å². The van der Waals surface area contributed by atoms with Gasteiger partial charge in [-0.1, -0.05) is 66.7 Å². The van der Waals surface area contributed by atoms with Crippen LogP contribution in [-0.2, 0) is 4.79 Å². The molecule has 186 valence electrons. The van der Waals surface area contributed by atoms with Gasteiger partial charge in [0.2, 0.25) is 0 Å². The Labute approximate surface area is 215 Å². The number of piperazine rings is 1. The zero-order chi connectivity index (χ0) is 25.2. The number of hydrogen-bond acceptors (Lipinski definition) is 5. The van der Waals surface area contributed by atoms with E-state index in [1.165, 1.54) is 11.6 Å². The van der Waals surface area contributed by atoms with Gasteiger partial charge in [0.15, 0.2) is 5.76 Å². The maximum Gasteiger partial charge on any atom is 0.289 e. The Balaban J connectivity index is 1.18. The molecule has 1 atom stereocenters. The summed E-state index contributed by atoms with van der Waals surface area (Å²) in [5.74, 6) is 0.211. The second-order valence-electron chi connectivity index (χ2n) is 9.52. The SMILES string of the molecule is O=C(c1ccco1)N1CCN(CC(=O)N2N=C(c3ccc4ccccc4c3)CC2c2ccccc2)CC1. The van der Waals surface area contributed by atoms with E-state index in [2.05, 4.69) is 47.4 Å². The molecular formula is C30H28N4O3. The van der Waals surface area contributed by atoms with Crippen LogP contribution in [0.4, 0.5) is 0 Å². The number of hydrogen-bond donors (Lipinski definition) is 0. The highest BCUT2D eigenvalue weighted by Gasteiger charge is 2.34. The number of fused-ring (bicyclic) bond motifs is 1. The summed E-state index contributed by atoms with van der Waals surface area (Å²) in [5.41, 5.74) is 3.03. The molecule has 0 aliphatic carbocycles. The van der Waals surface area contributed by atoms with E-state index in [-0.39, 0.29) is 24.4 Å². The molecule has 0 bridgehead atoms. The van der Waals surface area contributed by atoms with Crippen LogP contribution >= 0.6 is 0 Å². The third kappa shape index (κ3) is 4.78. The van der Waals surface area contributed by atoms with Crippen LogP contribution in [0.15, 0.2) is 101 Å². The number of carbonyl (C=O) groups excluding carboxylic acids is 2. The number of benzene rings is 3.